The molecule has 7 nitrogen and oxygen atoms in total. The van der Waals surface area contributed by atoms with Gasteiger partial charge in [0.25, 0.3) is 0 Å². The highest BCUT2D eigenvalue weighted by molar-refractivity contribution is 7.98. The summed E-state index contributed by atoms with van der Waals surface area (Å²) in [5.74, 6) is -0.744. The van der Waals surface area contributed by atoms with Gasteiger partial charge < -0.3 is 5.11 Å². The number of hydrogen-bond donors (Lipinski definition) is 1. The first kappa shape index (κ1) is 15.4. The van der Waals surface area contributed by atoms with Crippen LogP contribution in [-0.4, -0.2) is 42.3 Å². The van der Waals surface area contributed by atoms with Gasteiger partial charge in [0.15, 0.2) is 5.16 Å². The Bertz CT molecular complexity index is 585. The topological polar surface area (TPSA) is 93.8 Å². The van der Waals surface area contributed by atoms with Crippen molar-refractivity contribution in [3.05, 3.63) is 18.6 Å². The Morgan fingerprint density at radius 1 is 1.29 bits per heavy atom. The maximum Gasteiger partial charge on any atom is 0.303 e. The van der Waals surface area contributed by atoms with Gasteiger partial charge in [-0.15, -0.1) is 5.10 Å². The molecule has 0 atom stereocenters. The fourth-order valence-electron chi connectivity index (χ4n) is 1.82. The molecule has 0 saturated carbocycles. The monoisotopic (exact) mass is 307 g/mol. The van der Waals surface area contributed by atoms with Crippen molar-refractivity contribution in [1.29, 1.82) is 0 Å². The van der Waals surface area contributed by atoms with Gasteiger partial charge in [-0.3, -0.25) is 9.48 Å². The van der Waals surface area contributed by atoms with Crippen molar-refractivity contribution in [2.45, 2.75) is 37.4 Å². The van der Waals surface area contributed by atoms with Crippen molar-refractivity contribution in [1.82, 2.24) is 25.0 Å². The standard InChI is InChI=1S/C13H17N5O2S/c1-21-13-14-7-10(8-15-13)11-9-18(17-16-11)6-4-2-3-5-12(19)20/h7-9H,2-6H2,1H3,(H,19,20). The summed E-state index contributed by atoms with van der Waals surface area (Å²) >= 11 is 1.49. The molecule has 0 saturated heterocycles. The molecule has 2 rings (SSSR count). The number of aliphatic carboxylic acids is 1. The Kier molecular flexibility index (Phi) is 5.68. The molecule has 8 heteroatoms. The van der Waals surface area contributed by atoms with Gasteiger partial charge in [-0.05, 0) is 19.1 Å². The number of nitrogens with zero attached hydrogens (tertiary/aromatic N) is 5. The normalized spacial score (nSPS) is 10.7. The second-order valence-corrected chi connectivity index (χ2v) is 5.30. The maximum atomic E-state index is 10.4. The number of hydrogen-bond acceptors (Lipinski definition) is 6. The van der Waals surface area contributed by atoms with Crippen molar-refractivity contribution in [3.63, 3.8) is 0 Å². The van der Waals surface area contributed by atoms with Gasteiger partial charge in [0.1, 0.15) is 5.69 Å². The molecule has 0 radical (unpaired) electrons. The van der Waals surface area contributed by atoms with E-state index in [2.05, 4.69) is 20.3 Å². The van der Waals surface area contributed by atoms with Gasteiger partial charge in [0.2, 0.25) is 0 Å². The number of aryl methyl sites for hydroxylation is 1. The predicted molar refractivity (Wildman–Crippen MR) is 78.9 cm³/mol. The van der Waals surface area contributed by atoms with Crippen molar-refractivity contribution in [2.75, 3.05) is 6.26 Å². The SMILES string of the molecule is CSc1ncc(-c2cn(CCCCCC(=O)O)nn2)cn1. The molecule has 1 N–H and O–H groups in total. The first-order chi connectivity index (χ1) is 10.2. The van der Waals surface area contributed by atoms with Crippen LogP contribution in [-0.2, 0) is 11.3 Å². The Labute approximate surface area is 126 Å². The molecule has 0 unspecified atom stereocenters. The van der Waals surface area contributed by atoms with Gasteiger partial charge >= 0.3 is 5.97 Å². The Balaban J connectivity index is 1.84. The minimum atomic E-state index is -0.744. The maximum absolute atomic E-state index is 10.4. The largest absolute Gasteiger partial charge is 0.481 e. The highest BCUT2D eigenvalue weighted by Crippen LogP contribution is 2.16. The van der Waals surface area contributed by atoms with E-state index in [1.165, 1.54) is 11.8 Å². The number of unbranched alkanes of at least 4 members (excludes halogenated alkanes) is 2. The molecular formula is C13H17N5O2S. The molecule has 2 aromatic rings. The summed E-state index contributed by atoms with van der Waals surface area (Å²) in [5.41, 5.74) is 1.58. The highest BCUT2D eigenvalue weighted by Gasteiger charge is 2.05. The molecule has 0 fully saturated rings. The van der Waals surface area contributed by atoms with Crippen molar-refractivity contribution >= 4 is 17.7 Å². The predicted octanol–water partition coefficient (Wildman–Crippen LogP) is 2.10. The zero-order valence-electron chi connectivity index (χ0n) is 11.8. The number of carbonyl (C=O) groups is 1. The van der Waals surface area contributed by atoms with Crippen LogP contribution in [0, 0.1) is 0 Å². The van der Waals surface area contributed by atoms with E-state index < -0.39 is 5.97 Å². The van der Waals surface area contributed by atoms with Crippen molar-refractivity contribution in [2.24, 2.45) is 0 Å². The van der Waals surface area contributed by atoms with Crippen LogP contribution in [0.4, 0.5) is 0 Å². The second-order valence-electron chi connectivity index (χ2n) is 4.53. The summed E-state index contributed by atoms with van der Waals surface area (Å²) < 4.78 is 1.76. The number of carboxylic acid groups (broad SMARTS) is 1. The number of rotatable bonds is 8. The third-order valence-electron chi connectivity index (χ3n) is 2.92. The fourth-order valence-corrected chi connectivity index (χ4v) is 2.14. The van der Waals surface area contributed by atoms with Gasteiger partial charge in [-0.25, -0.2) is 9.97 Å². The van der Waals surface area contributed by atoms with Crippen LogP contribution < -0.4 is 0 Å². The van der Waals surface area contributed by atoms with Crippen LogP contribution in [0.2, 0.25) is 0 Å². The first-order valence-corrected chi connectivity index (χ1v) is 7.90. The molecule has 0 aliphatic carbocycles. The van der Waals surface area contributed by atoms with Crippen LogP contribution in [0.1, 0.15) is 25.7 Å². The highest BCUT2D eigenvalue weighted by atomic mass is 32.2. The Morgan fingerprint density at radius 3 is 2.71 bits per heavy atom. The Morgan fingerprint density at radius 2 is 2.05 bits per heavy atom. The lowest BCUT2D eigenvalue weighted by Crippen LogP contribution is -2.00. The molecule has 0 aromatic carbocycles. The lowest BCUT2D eigenvalue weighted by atomic mass is 10.2. The summed E-state index contributed by atoms with van der Waals surface area (Å²) in [4.78, 5) is 18.8. The van der Waals surface area contributed by atoms with Crippen LogP contribution in [0.15, 0.2) is 23.7 Å². The van der Waals surface area contributed by atoms with Gasteiger partial charge in [-0.2, -0.15) is 0 Å². The molecular weight excluding hydrogens is 290 g/mol. The summed E-state index contributed by atoms with van der Waals surface area (Å²) in [5, 5.41) is 17.4. The fraction of sp³-hybridized carbons (Fsp3) is 0.462. The third kappa shape index (κ3) is 4.82. The number of carboxylic acids is 1. The molecule has 2 aromatic heterocycles. The van der Waals surface area contributed by atoms with Gasteiger partial charge in [-0.1, -0.05) is 23.4 Å². The minimum Gasteiger partial charge on any atom is -0.481 e. The third-order valence-corrected chi connectivity index (χ3v) is 3.50. The second kappa shape index (κ2) is 7.72. The molecule has 0 spiro atoms. The molecule has 0 amide bonds. The van der Waals surface area contributed by atoms with E-state index in [1.54, 1.807) is 17.1 Å². The molecule has 0 aliphatic heterocycles. The zero-order chi connectivity index (χ0) is 15.1. The molecule has 0 aliphatic rings. The summed E-state index contributed by atoms with van der Waals surface area (Å²) in [6.07, 6.45) is 9.93. The Hall–Kier alpha value is -1.96. The lowest BCUT2D eigenvalue weighted by Gasteiger charge is -1.99. The summed E-state index contributed by atoms with van der Waals surface area (Å²) in [6.45, 7) is 0.733. The molecule has 21 heavy (non-hydrogen) atoms. The van der Waals surface area contributed by atoms with Crippen LogP contribution in [0.25, 0.3) is 11.3 Å². The van der Waals surface area contributed by atoms with Crippen LogP contribution >= 0.6 is 11.8 Å². The van der Waals surface area contributed by atoms with E-state index in [0.29, 0.717) is 6.42 Å². The van der Waals surface area contributed by atoms with Crippen LogP contribution in [0.3, 0.4) is 0 Å². The van der Waals surface area contributed by atoms with E-state index in [-0.39, 0.29) is 6.42 Å². The lowest BCUT2D eigenvalue weighted by molar-refractivity contribution is -0.137. The molecule has 2 heterocycles. The van der Waals surface area contributed by atoms with E-state index in [4.69, 9.17) is 5.11 Å². The van der Waals surface area contributed by atoms with E-state index in [1.807, 2.05) is 12.5 Å². The number of aromatic nitrogens is 5. The van der Waals surface area contributed by atoms with E-state index in [0.717, 1.165) is 35.8 Å². The van der Waals surface area contributed by atoms with E-state index in [9.17, 15) is 4.79 Å². The van der Waals surface area contributed by atoms with Crippen molar-refractivity contribution < 1.29 is 9.90 Å². The number of thioether (sulfide) groups is 1. The quantitative estimate of drug-likeness (QED) is 0.453. The van der Waals surface area contributed by atoms with Gasteiger partial charge in [0.05, 0.1) is 6.20 Å². The van der Waals surface area contributed by atoms with Crippen LogP contribution in [0.5, 0.6) is 0 Å². The molecule has 112 valence electrons. The average Bonchev–Trinajstić information content (AvgIpc) is 2.95. The van der Waals surface area contributed by atoms with E-state index >= 15 is 0 Å². The average molecular weight is 307 g/mol. The van der Waals surface area contributed by atoms with Crippen molar-refractivity contribution in [3.8, 4) is 11.3 Å². The smallest absolute Gasteiger partial charge is 0.303 e. The minimum absolute atomic E-state index is 0.224. The summed E-state index contributed by atoms with van der Waals surface area (Å²) in [7, 11) is 0. The first-order valence-electron chi connectivity index (χ1n) is 6.67. The van der Waals surface area contributed by atoms with Gasteiger partial charge in [0, 0.05) is 30.9 Å². The zero-order valence-corrected chi connectivity index (χ0v) is 12.6. The molecule has 0 bridgehead atoms. The summed E-state index contributed by atoms with van der Waals surface area (Å²) in [6, 6.07) is 0.